The Labute approximate surface area is 115 Å². The van der Waals surface area contributed by atoms with Crippen LogP contribution in [0.5, 0.6) is 0 Å². The van der Waals surface area contributed by atoms with Gasteiger partial charge in [0, 0.05) is 12.0 Å². The van der Waals surface area contributed by atoms with E-state index in [1.807, 2.05) is 0 Å². The maximum atomic E-state index is 10.8. The van der Waals surface area contributed by atoms with Crippen molar-refractivity contribution in [3.8, 4) is 0 Å². The first kappa shape index (κ1) is 14.0. The Morgan fingerprint density at radius 3 is 2.50 bits per heavy atom. The van der Waals surface area contributed by atoms with Gasteiger partial charge in [-0.05, 0) is 48.3 Å². The van der Waals surface area contributed by atoms with E-state index in [-0.39, 0.29) is 11.6 Å². The highest BCUT2D eigenvalue weighted by atomic mass is 32.1. The average Bonchev–Trinajstić information content (AvgIpc) is 3.02. The molecule has 1 fully saturated rings. The van der Waals surface area contributed by atoms with Gasteiger partial charge in [-0.15, -0.1) is 0 Å². The Bertz CT molecular complexity index is 339. The minimum absolute atomic E-state index is 0.0332. The smallest absolute Gasteiger partial charge is 0.0764 e. The average molecular weight is 267 g/mol. The normalized spacial score (nSPS) is 20.4. The molecule has 1 unspecified atom stereocenters. The third-order valence-corrected chi connectivity index (χ3v) is 5.22. The molecule has 102 valence electrons. The van der Waals surface area contributed by atoms with Crippen LogP contribution in [0.1, 0.15) is 45.1 Å². The van der Waals surface area contributed by atoms with Crippen LogP contribution in [0.2, 0.25) is 0 Å². The van der Waals surface area contributed by atoms with Crippen molar-refractivity contribution in [1.82, 2.24) is 4.90 Å². The monoisotopic (exact) mass is 267 g/mol. The van der Waals surface area contributed by atoms with Gasteiger partial charge in [0.25, 0.3) is 0 Å². The van der Waals surface area contributed by atoms with Gasteiger partial charge in [0.05, 0.1) is 6.10 Å². The second kappa shape index (κ2) is 6.18. The van der Waals surface area contributed by atoms with Crippen molar-refractivity contribution < 1.29 is 5.11 Å². The van der Waals surface area contributed by atoms with Crippen molar-refractivity contribution in [2.75, 3.05) is 13.1 Å². The first-order valence-corrected chi connectivity index (χ1v) is 8.11. The van der Waals surface area contributed by atoms with E-state index in [9.17, 15) is 5.11 Å². The Morgan fingerprint density at radius 1 is 1.33 bits per heavy atom. The number of aliphatic hydroxyl groups excluding tert-OH is 1. The van der Waals surface area contributed by atoms with Crippen LogP contribution in [0.4, 0.5) is 0 Å². The summed E-state index contributed by atoms with van der Waals surface area (Å²) >= 11 is 1.72. The molecule has 0 radical (unpaired) electrons. The molecule has 0 aromatic carbocycles. The van der Waals surface area contributed by atoms with Crippen LogP contribution in [-0.4, -0.2) is 34.7 Å². The van der Waals surface area contributed by atoms with Gasteiger partial charge < -0.3 is 5.11 Å². The summed E-state index contributed by atoms with van der Waals surface area (Å²) in [4.78, 5) is 2.48. The minimum atomic E-state index is -0.227. The molecule has 1 aliphatic rings. The summed E-state index contributed by atoms with van der Waals surface area (Å²) in [6, 6.07) is 2.14. The van der Waals surface area contributed by atoms with Gasteiger partial charge in [0.15, 0.2) is 0 Å². The first-order valence-electron chi connectivity index (χ1n) is 7.17. The Kier molecular flexibility index (Phi) is 4.82. The molecule has 0 bridgehead atoms. The molecule has 1 aromatic rings. The van der Waals surface area contributed by atoms with Gasteiger partial charge in [0.1, 0.15) is 0 Å². The number of aliphatic hydroxyl groups is 1. The number of rotatable bonds is 6. The van der Waals surface area contributed by atoms with Crippen LogP contribution in [0.25, 0.3) is 0 Å². The molecule has 0 spiro atoms. The Balaban J connectivity index is 2.13. The zero-order chi connectivity index (χ0) is 13.0. The van der Waals surface area contributed by atoms with Gasteiger partial charge in [-0.3, -0.25) is 4.90 Å². The molecule has 1 aliphatic carbocycles. The van der Waals surface area contributed by atoms with Crippen LogP contribution >= 0.6 is 11.3 Å². The fourth-order valence-corrected chi connectivity index (χ4v) is 4.20. The molecule has 0 aliphatic heterocycles. The van der Waals surface area contributed by atoms with E-state index in [1.54, 1.807) is 11.3 Å². The van der Waals surface area contributed by atoms with Crippen molar-refractivity contribution in [3.05, 3.63) is 22.4 Å². The molecule has 0 amide bonds. The third kappa shape index (κ3) is 2.63. The van der Waals surface area contributed by atoms with Gasteiger partial charge in [-0.2, -0.15) is 11.3 Å². The van der Waals surface area contributed by atoms with Crippen molar-refractivity contribution in [3.63, 3.8) is 0 Å². The number of thiophene rings is 1. The van der Waals surface area contributed by atoms with E-state index in [0.29, 0.717) is 0 Å². The van der Waals surface area contributed by atoms with E-state index in [1.165, 1.54) is 18.4 Å². The fraction of sp³-hybridized carbons (Fsp3) is 0.733. The summed E-state index contributed by atoms with van der Waals surface area (Å²) in [5.41, 5.74) is 1.32. The van der Waals surface area contributed by atoms with Crippen LogP contribution in [0.15, 0.2) is 16.8 Å². The summed E-state index contributed by atoms with van der Waals surface area (Å²) in [5, 5.41) is 15.0. The van der Waals surface area contributed by atoms with E-state index < -0.39 is 0 Å². The maximum absolute atomic E-state index is 10.8. The van der Waals surface area contributed by atoms with Gasteiger partial charge >= 0.3 is 0 Å². The van der Waals surface area contributed by atoms with Crippen LogP contribution in [0, 0.1) is 0 Å². The second-order valence-corrected chi connectivity index (χ2v) is 6.11. The zero-order valence-corrected chi connectivity index (χ0v) is 12.4. The lowest BCUT2D eigenvalue weighted by Gasteiger charge is -2.44. The molecule has 3 heteroatoms. The molecule has 2 nitrogen and oxygen atoms in total. The van der Waals surface area contributed by atoms with Crippen LogP contribution < -0.4 is 0 Å². The van der Waals surface area contributed by atoms with Crippen LogP contribution in [-0.2, 0) is 6.42 Å². The van der Waals surface area contributed by atoms with E-state index in [2.05, 4.69) is 35.6 Å². The molecule has 1 aromatic heterocycles. The van der Waals surface area contributed by atoms with Gasteiger partial charge in [-0.1, -0.05) is 26.7 Å². The SMILES string of the molecule is CCN(CC)C1(C(O)Cc2ccsc2)CCCC1. The lowest BCUT2D eigenvalue weighted by Crippen LogP contribution is -2.55. The molecule has 1 saturated carbocycles. The van der Waals surface area contributed by atoms with Crippen molar-refractivity contribution in [2.24, 2.45) is 0 Å². The van der Waals surface area contributed by atoms with E-state index in [0.717, 1.165) is 32.4 Å². The van der Waals surface area contributed by atoms with Crippen LogP contribution in [0.3, 0.4) is 0 Å². The highest BCUT2D eigenvalue weighted by Crippen LogP contribution is 2.39. The fourth-order valence-electron chi connectivity index (χ4n) is 3.52. The molecule has 18 heavy (non-hydrogen) atoms. The molecule has 2 rings (SSSR count). The first-order chi connectivity index (χ1) is 8.73. The molecular weight excluding hydrogens is 242 g/mol. The molecule has 1 N–H and O–H groups in total. The Hall–Kier alpha value is -0.380. The van der Waals surface area contributed by atoms with Crippen molar-refractivity contribution in [2.45, 2.75) is 57.6 Å². The number of hydrogen-bond donors (Lipinski definition) is 1. The van der Waals surface area contributed by atoms with Crippen molar-refractivity contribution >= 4 is 11.3 Å². The number of nitrogens with zero attached hydrogens (tertiary/aromatic N) is 1. The summed E-state index contributed by atoms with van der Waals surface area (Å²) in [6.07, 6.45) is 5.41. The highest BCUT2D eigenvalue weighted by molar-refractivity contribution is 7.07. The number of hydrogen-bond acceptors (Lipinski definition) is 3. The third-order valence-electron chi connectivity index (χ3n) is 4.49. The summed E-state index contributed by atoms with van der Waals surface area (Å²) in [6.45, 7) is 6.50. The van der Waals surface area contributed by atoms with E-state index >= 15 is 0 Å². The summed E-state index contributed by atoms with van der Waals surface area (Å²) in [5.74, 6) is 0. The maximum Gasteiger partial charge on any atom is 0.0764 e. The standard InChI is InChI=1S/C15H25NOS/c1-3-16(4-2)15(8-5-6-9-15)14(17)11-13-7-10-18-12-13/h7,10,12,14,17H,3-6,8-9,11H2,1-2H3. The predicted molar refractivity (Wildman–Crippen MR) is 78.1 cm³/mol. The minimum Gasteiger partial charge on any atom is -0.391 e. The molecule has 1 atom stereocenters. The molecule has 0 saturated heterocycles. The largest absolute Gasteiger partial charge is 0.391 e. The lowest BCUT2D eigenvalue weighted by atomic mass is 9.85. The molecule has 1 heterocycles. The second-order valence-electron chi connectivity index (χ2n) is 5.33. The van der Waals surface area contributed by atoms with Crippen molar-refractivity contribution in [1.29, 1.82) is 0 Å². The highest BCUT2D eigenvalue weighted by Gasteiger charge is 2.44. The van der Waals surface area contributed by atoms with Gasteiger partial charge in [0.2, 0.25) is 0 Å². The topological polar surface area (TPSA) is 23.5 Å². The quantitative estimate of drug-likeness (QED) is 0.855. The zero-order valence-electron chi connectivity index (χ0n) is 11.6. The molecular formula is C15H25NOS. The van der Waals surface area contributed by atoms with Gasteiger partial charge in [-0.25, -0.2) is 0 Å². The van der Waals surface area contributed by atoms with E-state index in [4.69, 9.17) is 0 Å². The predicted octanol–water partition coefficient (Wildman–Crippen LogP) is 3.31. The lowest BCUT2D eigenvalue weighted by molar-refractivity contribution is -0.0244. The Morgan fingerprint density at radius 2 is 2.00 bits per heavy atom. The number of likely N-dealkylation sites (N-methyl/N-ethyl adjacent to an activating group) is 1. The summed E-state index contributed by atoms with van der Waals surface area (Å²) in [7, 11) is 0. The summed E-state index contributed by atoms with van der Waals surface area (Å²) < 4.78 is 0.